The van der Waals surface area contributed by atoms with Crippen LogP contribution in [0.2, 0.25) is 0 Å². The fraction of sp³-hybridized carbons (Fsp3) is 0.562. The van der Waals surface area contributed by atoms with Crippen molar-refractivity contribution in [1.82, 2.24) is 39.0 Å². The Hall–Kier alpha value is -4.91. The zero-order valence-electron chi connectivity index (χ0n) is 32.8. The molecule has 7 rings (SSSR count). The molecule has 3 aliphatic heterocycles. The molecule has 6 unspecified atom stereocenters. The minimum absolute atomic E-state index is 0.0121. The van der Waals surface area contributed by atoms with Crippen molar-refractivity contribution < 1.29 is 74.3 Å². The predicted molar refractivity (Wildman–Crippen MR) is 198 cm³/mol. The molecular weight excluding hydrogens is 845 g/mol. The molecule has 7 heterocycles. The molecule has 0 radical (unpaired) electrons. The lowest BCUT2D eigenvalue weighted by atomic mass is 9.98. The summed E-state index contributed by atoms with van der Waals surface area (Å²) >= 11 is 0. The molecule has 2 bridgehead atoms. The second-order valence-electron chi connectivity index (χ2n) is 15.4. The highest BCUT2D eigenvalue weighted by atomic mass is 31.2. The number of aliphatic hydroxyl groups excluding tert-OH is 1. The van der Waals surface area contributed by atoms with Crippen LogP contribution in [0, 0.1) is 10.8 Å². The average Bonchev–Trinajstić information content (AvgIpc) is 3.94. The molecular formula is C32H41FN10O15P2. The quantitative estimate of drug-likeness (QED) is 0.130. The van der Waals surface area contributed by atoms with Gasteiger partial charge in [-0.25, -0.2) is 52.5 Å². The van der Waals surface area contributed by atoms with E-state index in [4.69, 9.17) is 57.6 Å². The molecule has 1 fully saturated rings. The van der Waals surface area contributed by atoms with Gasteiger partial charge in [0.05, 0.1) is 23.8 Å². The van der Waals surface area contributed by atoms with E-state index in [1.807, 2.05) is 0 Å². The number of imidazole rings is 2. The molecule has 5 N–H and O–H groups in total. The van der Waals surface area contributed by atoms with E-state index in [9.17, 15) is 23.8 Å². The van der Waals surface area contributed by atoms with Gasteiger partial charge in [0.2, 0.25) is 26.0 Å². The molecule has 0 amide bonds. The number of anilines is 2. The summed E-state index contributed by atoms with van der Waals surface area (Å²) in [5.74, 6) is -3.05. The Morgan fingerprint density at radius 3 is 1.92 bits per heavy atom. The SMILES string of the molecule is CC(C)(C)C(=O)OCOP1(=O)OC[C@H]2OC(n3cnc4c(N)ncnc43)C(OP(=O)(OCOC(=O)C(C)(C)C)OCC3=C(O1)C(F)[C@H](n1cnc4c(N)ncnc41)O3)C2O. The number of esters is 2. The number of aromatic nitrogens is 8. The monoisotopic (exact) mass is 886 g/mol. The normalized spacial score (nSPS) is 28.9. The molecule has 0 saturated carbocycles. The van der Waals surface area contributed by atoms with Crippen LogP contribution in [0.5, 0.6) is 0 Å². The second-order valence-corrected chi connectivity index (χ2v) is 18.6. The summed E-state index contributed by atoms with van der Waals surface area (Å²) < 4.78 is 104. The fourth-order valence-electron chi connectivity index (χ4n) is 5.74. The summed E-state index contributed by atoms with van der Waals surface area (Å²) in [5.41, 5.74) is 10.2. The van der Waals surface area contributed by atoms with E-state index in [0.29, 0.717) is 0 Å². The number of aliphatic hydroxyl groups is 1. The summed E-state index contributed by atoms with van der Waals surface area (Å²) in [5, 5.41) is 11.7. The third-order valence-corrected chi connectivity index (χ3v) is 11.6. The van der Waals surface area contributed by atoms with Gasteiger partial charge in [0.15, 0.2) is 40.7 Å². The minimum Gasteiger partial charge on any atom is -0.465 e. The van der Waals surface area contributed by atoms with Gasteiger partial charge in [0, 0.05) is 0 Å². The van der Waals surface area contributed by atoms with Crippen LogP contribution in [0.25, 0.3) is 22.3 Å². The van der Waals surface area contributed by atoms with Crippen LogP contribution in [0.3, 0.4) is 0 Å². The van der Waals surface area contributed by atoms with Crippen LogP contribution >= 0.6 is 15.6 Å². The number of ether oxygens (including phenoxy) is 4. The number of hydrogen-bond donors (Lipinski definition) is 3. The lowest BCUT2D eigenvalue weighted by molar-refractivity contribution is -0.162. The van der Waals surface area contributed by atoms with E-state index in [1.54, 1.807) is 41.5 Å². The summed E-state index contributed by atoms with van der Waals surface area (Å²) in [6.45, 7) is 5.44. The van der Waals surface area contributed by atoms with E-state index < -0.39 is 114 Å². The lowest BCUT2D eigenvalue weighted by Gasteiger charge is -2.26. The van der Waals surface area contributed by atoms with E-state index >= 15 is 4.39 Å². The van der Waals surface area contributed by atoms with Crippen molar-refractivity contribution in [3.8, 4) is 0 Å². The van der Waals surface area contributed by atoms with E-state index in [2.05, 4.69) is 29.9 Å². The summed E-state index contributed by atoms with van der Waals surface area (Å²) in [4.78, 5) is 49.6. The zero-order chi connectivity index (χ0) is 43.4. The summed E-state index contributed by atoms with van der Waals surface area (Å²) in [6, 6.07) is 0. The van der Waals surface area contributed by atoms with E-state index in [1.165, 1.54) is 10.9 Å². The van der Waals surface area contributed by atoms with Gasteiger partial charge in [-0.05, 0) is 41.5 Å². The van der Waals surface area contributed by atoms with Crippen LogP contribution in [-0.4, -0.2) is 107 Å². The average molecular weight is 887 g/mol. The first-order valence-electron chi connectivity index (χ1n) is 17.9. The zero-order valence-corrected chi connectivity index (χ0v) is 34.6. The molecule has 60 heavy (non-hydrogen) atoms. The minimum atomic E-state index is -5.14. The number of fused-ring (bicyclic) bond motifs is 4. The lowest BCUT2D eigenvalue weighted by Crippen LogP contribution is -2.36. The van der Waals surface area contributed by atoms with Crippen LogP contribution < -0.4 is 11.5 Å². The molecule has 8 atom stereocenters. The van der Waals surface area contributed by atoms with Gasteiger partial charge in [0.1, 0.15) is 54.9 Å². The Morgan fingerprint density at radius 2 is 1.37 bits per heavy atom. The number of carbonyl (C=O) groups is 2. The van der Waals surface area contributed by atoms with Gasteiger partial charge in [-0.15, -0.1) is 0 Å². The highest BCUT2D eigenvalue weighted by molar-refractivity contribution is 7.48. The maximum atomic E-state index is 16.8. The van der Waals surface area contributed by atoms with Crippen molar-refractivity contribution in [3.05, 3.63) is 36.8 Å². The number of nitrogens with two attached hydrogens (primary N) is 2. The van der Waals surface area contributed by atoms with Crippen LogP contribution in [0.15, 0.2) is 36.8 Å². The van der Waals surface area contributed by atoms with Crippen molar-refractivity contribution in [2.75, 3.05) is 38.3 Å². The standard InChI is InChI=1S/C32H41FN10O15P2/c1-31(2,3)29(45)49-13-53-59(47)51-7-15-20(44)22(28(55-15)43-12-41-19-24(35)37-10-39-26(19)43)58-60(48,54-14-50-30(46)32(4,5)6)52-8-16-21(57-59)17(33)27(56-16)42-11-40-18-23(34)36-9-38-25(18)42/h9-12,15,17,20,22,27-28,44H,7-8,13-14H2,1-6H3,(H2,34,36,38)(H2,35,37,39)/t15-,17?,20?,22?,27-,28?,59?,60?/m1/s1. The molecule has 0 aliphatic carbocycles. The number of phosphoric ester groups is 2. The fourth-order valence-corrected chi connectivity index (χ4v) is 8.05. The smallest absolute Gasteiger partial charge is 0.465 e. The van der Waals surface area contributed by atoms with Gasteiger partial charge in [-0.1, -0.05) is 0 Å². The Morgan fingerprint density at radius 1 is 0.833 bits per heavy atom. The number of rotatable bonds is 8. The van der Waals surface area contributed by atoms with Crippen LogP contribution in [-0.2, 0) is 64.8 Å². The maximum Gasteiger partial charge on any atom is 0.533 e. The van der Waals surface area contributed by atoms with Gasteiger partial charge >= 0.3 is 27.6 Å². The number of alkyl halides is 1. The first-order chi connectivity index (χ1) is 28.2. The molecule has 0 aromatic carbocycles. The summed E-state index contributed by atoms with van der Waals surface area (Å²) in [7, 11) is -10.2. The molecule has 0 spiro atoms. The molecule has 3 aliphatic rings. The topological polar surface area (TPSA) is 320 Å². The molecule has 28 heteroatoms. The number of carbonyl (C=O) groups excluding carboxylic acids is 2. The molecule has 326 valence electrons. The Bertz CT molecular complexity index is 2420. The van der Waals surface area contributed by atoms with Gasteiger partial charge < -0.3 is 40.0 Å². The van der Waals surface area contributed by atoms with Crippen molar-refractivity contribution in [2.24, 2.45) is 10.8 Å². The Labute approximate surface area is 339 Å². The highest BCUT2D eigenvalue weighted by Crippen LogP contribution is 2.58. The van der Waals surface area contributed by atoms with Crippen LogP contribution in [0.4, 0.5) is 16.0 Å². The summed E-state index contributed by atoms with van der Waals surface area (Å²) in [6.07, 6.45) is -6.09. The number of hydrogen-bond acceptors (Lipinski definition) is 23. The van der Waals surface area contributed by atoms with Gasteiger partial charge in [-0.2, -0.15) is 0 Å². The van der Waals surface area contributed by atoms with Crippen molar-refractivity contribution >= 4 is 61.5 Å². The van der Waals surface area contributed by atoms with Gasteiger partial charge in [0.25, 0.3) is 0 Å². The number of nitrogen functional groups attached to an aromatic ring is 2. The highest BCUT2D eigenvalue weighted by Gasteiger charge is 2.53. The largest absolute Gasteiger partial charge is 0.533 e. The van der Waals surface area contributed by atoms with E-state index in [0.717, 1.165) is 23.5 Å². The van der Waals surface area contributed by atoms with Crippen molar-refractivity contribution in [1.29, 1.82) is 0 Å². The second kappa shape index (κ2) is 16.2. The molecule has 25 nitrogen and oxygen atoms in total. The number of nitrogens with zero attached hydrogens (tertiary/aromatic N) is 8. The predicted octanol–water partition coefficient (Wildman–Crippen LogP) is 2.96. The number of halogens is 1. The van der Waals surface area contributed by atoms with E-state index in [-0.39, 0.29) is 34.0 Å². The Balaban J connectivity index is 1.28. The maximum absolute atomic E-state index is 16.8. The number of phosphoric acid groups is 2. The first kappa shape index (κ1) is 43.2. The van der Waals surface area contributed by atoms with Crippen molar-refractivity contribution in [2.45, 2.75) is 78.5 Å². The first-order valence-corrected chi connectivity index (χ1v) is 20.8. The molecule has 4 aromatic heterocycles. The van der Waals surface area contributed by atoms with Crippen LogP contribution in [0.1, 0.15) is 54.0 Å². The third kappa shape index (κ3) is 8.64. The third-order valence-electron chi connectivity index (χ3n) is 8.91. The van der Waals surface area contributed by atoms with Crippen molar-refractivity contribution in [3.63, 3.8) is 0 Å². The molecule has 1 saturated heterocycles. The Kier molecular flexibility index (Phi) is 11.6. The molecule has 4 aromatic rings. The van der Waals surface area contributed by atoms with Gasteiger partial charge in [-0.3, -0.25) is 32.3 Å².